The van der Waals surface area contributed by atoms with Crippen molar-refractivity contribution in [2.75, 3.05) is 0 Å². The van der Waals surface area contributed by atoms with Gasteiger partial charge in [-0.25, -0.2) is 0 Å². The zero-order chi connectivity index (χ0) is 15.8. The predicted molar refractivity (Wildman–Crippen MR) is 95.5 cm³/mol. The van der Waals surface area contributed by atoms with Gasteiger partial charge in [0.2, 0.25) is 0 Å². The summed E-state index contributed by atoms with van der Waals surface area (Å²) in [6, 6.07) is 0.540. The molecule has 1 saturated carbocycles. The number of nitrogens with zero attached hydrogens (tertiary/aromatic N) is 1. The van der Waals surface area contributed by atoms with Gasteiger partial charge in [-0.2, -0.15) is 0 Å². The molecular weight excluding hydrogens is 281 g/mol. The Morgan fingerprint density at radius 3 is 1.60 bits per heavy atom. The van der Waals surface area contributed by atoms with Crippen molar-refractivity contribution in [2.24, 2.45) is 4.74 Å². The fourth-order valence-electron chi connectivity index (χ4n) is 3.30. The number of rotatable bonds is 3. The molecule has 0 N–H and O–H groups in total. The smallest absolute Gasteiger partial charge is 0.190 e. The summed E-state index contributed by atoms with van der Waals surface area (Å²) in [5, 5.41) is 0.238. The van der Waals surface area contributed by atoms with Crippen LogP contribution in [0.5, 0.6) is 0 Å². The molecule has 0 atom stereocenters. The molecule has 0 aromatic rings. The first-order valence-corrected chi connectivity index (χ1v) is 13.2. The van der Waals surface area contributed by atoms with Gasteiger partial charge in [0.1, 0.15) is 0 Å². The molecule has 1 rings (SSSR count). The minimum atomic E-state index is -1.85. The minimum absolute atomic E-state index is 0.119. The molecule has 1 aliphatic carbocycles. The first-order valence-electron chi connectivity index (χ1n) is 8.11. The van der Waals surface area contributed by atoms with Gasteiger partial charge < -0.3 is 4.21 Å². The highest BCUT2D eigenvalue weighted by Gasteiger charge is 2.47. The van der Waals surface area contributed by atoms with Crippen LogP contribution in [0.2, 0.25) is 19.6 Å². The zero-order valence-electron chi connectivity index (χ0n) is 15.2. The average molecular weight is 318 g/mol. The van der Waals surface area contributed by atoms with Crippen LogP contribution < -0.4 is 0 Å². The molecular formula is C16H36NOPSi. The summed E-state index contributed by atoms with van der Waals surface area (Å²) in [6.45, 7) is 21.0. The van der Waals surface area contributed by atoms with Crippen molar-refractivity contribution in [2.45, 2.75) is 103 Å². The largest absolute Gasteiger partial charge is 0.384 e. The van der Waals surface area contributed by atoms with Crippen LogP contribution in [0.15, 0.2) is 4.74 Å². The van der Waals surface area contributed by atoms with E-state index >= 15 is 0 Å². The lowest BCUT2D eigenvalue weighted by Gasteiger charge is -2.49. The summed E-state index contributed by atoms with van der Waals surface area (Å²) < 4.78 is 12.4. The van der Waals surface area contributed by atoms with Crippen molar-refractivity contribution in [3.63, 3.8) is 0 Å². The second-order valence-electron chi connectivity index (χ2n) is 9.18. The number of hydrogen-bond acceptors (Lipinski definition) is 2. The van der Waals surface area contributed by atoms with Gasteiger partial charge >= 0.3 is 0 Å². The maximum atomic E-state index is 6.90. The first-order chi connectivity index (χ1) is 8.79. The van der Waals surface area contributed by atoms with E-state index in [0.29, 0.717) is 6.04 Å². The lowest BCUT2D eigenvalue weighted by Crippen LogP contribution is -2.37. The molecule has 0 unspecified atom stereocenters. The Morgan fingerprint density at radius 1 is 0.900 bits per heavy atom. The molecule has 120 valence electrons. The van der Waals surface area contributed by atoms with E-state index in [9.17, 15) is 0 Å². The first kappa shape index (κ1) is 18.5. The summed E-state index contributed by atoms with van der Waals surface area (Å²) >= 11 is 0. The molecule has 4 heteroatoms. The van der Waals surface area contributed by atoms with Crippen molar-refractivity contribution in [1.29, 1.82) is 0 Å². The van der Waals surface area contributed by atoms with Gasteiger partial charge in [0.25, 0.3) is 0 Å². The van der Waals surface area contributed by atoms with E-state index in [2.05, 4.69) is 61.2 Å². The second kappa shape index (κ2) is 5.89. The Hall–Kier alpha value is 0.407. The maximum absolute atomic E-state index is 6.90. The molecule has 0 spiro atoms. The molecule has 0 heterocycles. The molecule has 0 aromatic heterocycles. The van der Waals surface area contributed by atoms with Crippen molar-refractivity contribution in [3.8, 4) is 0 Å². The van der Waals surface area contributed by atoms with E-state index in [0.717, 1.165) is 0 Å². The van der Waals surface area contributed by atoms with Crippen molar-refractivity contribution >= 4 is 15.6 Å². The van der Waals surface area contributed by atoms with E-state index in [1.807, 2.05) is 0 Å². The Balaban J connectivity index is 3.42. The van der Waals surface area contributed by atoms with Gasteiger partial charge in [0.15, 0.2) is 8.32 Å². The van der Waals surface area contributed by atoms with Gasteiger partial charge in [-0.05, 0) is 32.5 Å². The fourth-order valence-corrected chi connectivity index (χ4v) is 12.2. The zero-order valence-corrected chi connectivity index (χ0v) is 17.1. The van der Waals surface area contributed by atoms with Gasteiger partial charge in [-0.15, -0.1) is 0 Å². The number of hydrogen-bond donors (Lipinski definition) is 0. The van der Waals surface area contributed by atoms with Crippen molar-refractivity contribution in [1.82, 2.24) is 0 Å². The third kappa shape index (κ3) is 4.21. The van der Waals surface area contributed by atoms with Crippen LogP contribution in [0.25, 0.3) is 0 Å². The molecule has 0 amide bonds. The Bertz CT molecular complexity index is 361. The standard InChI is InChI=1S/C16H36NOPSi/c1-15(2,3)19(16(4,5)6,18-20(7,8)9)17-14-12-10-11-13-14/h14H,10-13H2,1-9H3. The molecule has 0 saturated heterocycles. The van der Waals surface area contributed by atoms with Gasteiger partial charge in [0, 0.05) is 10.3 Å². The van der Waals surface area contributed by atoms with E-state index in [-0.39, 0.29) is 10.3 Å². The normalized spacial score (nSPS) is 19.4. The Labute approximate surface area is 128 Å². The molecule has 2 nitrogen and oxygen atoms in total. The summed E-state index contributed by atoms with van der Waals surface area (Å²) in [6.07, 6.45) is 5.22. The maximum Gasteiger partial charge on any atom is 0.190 e. The topological polar surface area (TPSA) is 21.6 Å². The molecule has 1 fully saturated rings. The van der Waals surface area contributed by atoms with Crippen molar-refractivity contribution < 1.29 is 4.21 Å². The predicted octanol–water partition coefficient (Wildman–Crippen LogP) is 6.49. The highest BCUT2D eigenvalue weighted by atomic mass is 31.2. The third-order valence-corrected chi connectivity index (χ3v) is 11.4. The third-order valence-electron chi connectivity index (χ3n) is 3.88. The van der Waals surface area contributed by atoms with Crippen LogP contribution in [0.4, 0.5) is 0 Å². The summed E-state index contributed by atoms with van der Waals surface area (Å²) in [5.74, 6) is 0. The quantitative estimate of drug-likeness (QED) is 0.430. The highest BCUT2D eigenvalue weighted by molar-refractivity contribution is 7.66. The van der Waals surface area contributed by atoms with E-state index in [4.69, 9.17) is 8.96 Å². The van der Waals surface area contributed by atoms with Crippen LogP contribution >= 0.6 is 7.28 Å². The molecule has 0 bridgehead atoms. The second-order valence-corrected chi connectivity index (χ2v) is 18.2. The summed E-state index contributed by atoms with van der Waals surface area (Å²) in [4.78, 5) is 0. The SMILES string of the molecule is CC(C)(C)P(=NC1CCCC1)(O[Si](C)(C)C)C(C)(C)C. The van der Waals surface area contributed by atoms with Crippen LogP contribution in [0.3, 0.4) is 0 Å². The molecule has 0 aromatic carbocycles. The van der Waals surface area contributed by atoms with Crippen LogP contribution in [-0.2, 0) is 4.21 Å². The molecule has 1 aliphatic rings. The van der Waals surface area contributed by atoms with Crippen molar-refractivity contribution in [3.05, 3.63) is 0 Å². The lowest BCUT2D eigenvalue weighted by atomic mass is 10.2. The van der Waals surface area contributed by atoms with Crippen LogP contribution in [0, 0.1) is 0 Å². The van der Waals surface area contributed by atoms with E-state index < -0.39 is 15.6 Å². The summed E-state index contributed by atoms with van der Waals surface area (Å²) in [5.41, 5.74) is 0. The summed E-state index contributed by atoms with van der Waals surface area (Å²) in [7, 11) is -3.48. The monoisotopic (exact) mass is 317 g/mol. The molecule has 0 aliphatic heterocycles. The minimum Gasteiger partial charge on any atom is -0.384 e. The molecule has 20 heavy (non-hydrogen) atoms. The van der Waals surface area contributed by atoms with E-state index in [1.54, 1.807) is 0 Å². The van der Waals surface area contributed by atoms with Gasteiger partial charge in [0.05, 0.1) is 13.3 Å². The molecule has 0 radical (unpaired) electrons. The average Bonchev–Trinajstić information content (AvgIpc) is 2.63. The van der Waals surface area contributed by atoms with Gasteiger partial charge in [-0.3, -0.25) is 4.74 Å². The van der Waals surface area contributed by atoms with Crippen LogP contribution in [0.1, 0.15) is 67.2 Å². The van der Waals surface area contributed by atoms with E-state index in [1.165, 1.54) is 25.7 Å². The van der Waals surface area contributed by atoms with Crippen LogP contribution in [-0.4, -0.2) is 24.7 Å². The Morgan fingerprint density at radius 2 is 1.30 bits per heavy atom. The highest BCUT2D eigenvalue weighted by Crippen LogP contribution is 2.72. The van der Waals surface area contributed by atoms with Gasteiger partial charge in [-0.1, -0.05) is 54.4 Å². The lowest BCUT2D eigenvalue weighted by molar-refractivity contribution is 0.507. The fraction of sp³-hybridized carbons (Fsp3) is 1.00. The Kier molecular flexibility index (Phi) is 5.44.